The lowest BCUT2D eigenvalue weighted by atomic mass is 10.0. The number of carbonyl (C=O) groups excluding carboxylic acids is 1. The van der Waals surface area contributed by atoms with Crippen molar-refractivity contribution < 1.29 is 14.3 Å². The molecule has 0 aliphatic carbocycles. The van der Waals surface area contributed by atoms with E-state index in [1.807, 2.05) is 43.0 Å². The Morgan fingerprint density at radius 1 is 1.17 bits per heavy atom. The number of piperidine rings is 1. The van der Waals surface area contributed by atoms with Gasteiger partial charge in [-0.25, -0.2) is 0 Å². The van der Waals surface area contributed by atoms with Crippen LogP contribution in [0, 0.1) is 5.92 Å². The molecule has 0 aromatic heterocycles. The average Bonchev–Trinajstić information content (AvgIpc) is 2.55. The van der Waals surface area contributed by atoms with Crippen molar-refractivity contribution in [2.75, 3.05) is 20.2 Å². The van der Waals surface area contributed by atoms with Crippen LogP contribution in [-0.4, -0.2) is 43.2 Å². The van der Waals surface area contributed by atoms with Crippen LogP contribution in [0.25, 0.3) is 0 Å². The second-order valence-electron chi connectivity index (χ2n) is 6.09. The molecule has 1 saturated heterocycles. The Kier molecular flexibility index (Phi) is 7.65. The first-order chi connectivity index (χ1) is 10.5. The standard InChI is InChI=1S/C17H26N2O3.ClH/c1-12(2)16(18)17(20)19-10-8-15(9-11-19)22-14-6-4-13(21-3)5-7-14;/h4-7,12,15-16H,8-11,18H2,1-3H3;1H/t16-;/m0./s1. The molecule has 0 unspecified atom stereocenters. The van der Waals surface area contributed by atoms with E-state index < -0.39 is 6.04 Å². The molecule has 5 nitrogen and oxygen atoms in total. The number of carbonyl (C=O) groups is 1. The summed E-state index contributed by atoms with van der Waals surface area (Å²) in [4.78, 5) is 14.1. The fourth-order valence-corrected chi connectivity index (χ4v) is 2.54. The van der Waals surface area contributed by atoms with Crippen molar-refractivity contribution >= 4 is 18.3 Å². The Bertz CT molecular complexity index is 485. The third-order valence-electron chi connectivity index (χ3n) is 4.12. The number of ether oxygens (including phenoxy) is 2. The van der Waals surface area contributed by atoms with Gasteiger partial charge in [-0.15, -0.1) is 12.4 Å². The Morgan fingerprint density at radius 2 is 1.70 bits per heavy atom. The van der Waals surface area contributed by atoms with Gasteiger partial charge in [0.1, 0.15) is 17.6 Å². The molecule has 0 bridgehead atoms. The van der Waals surface area contributed by atoms with Crippen LogP contribution < -0.4 is 15.2 Å². The van der Waals surface area contributed by atoms with Crippen molar-refractivity contribution in [1.29, 1.82) is 0 Å². The molecule has 1 aliphatic rings. The van der Waals surface area contributed by atoms with Crippen molar-refractivity contribution in [3.05, 3.63) is 24.3 Å². The fraction of sp³-hybridized carbons (Fsp3) is 0.588. The molecule has 2 N–H and O–H groups in total. The zero-order valence-corrected chi connectivity index (χ0v) is 14.8. The number of hydrogen-bond donors (Lipinski definition) is 1. The number of nitrogens with zero attached hydrogens (tertiary/aromatic N) is 1. The summed E-state index contributed by atoms with van der Waals surface area (Å²) in [7, 11) is 1.64. The van der Waals surface area contributed by atoms with E-state index in [1.54, 1.807) is 7.11 Å². The lowest BCUT2D eigenvalue weighted by Crippen LogP contribution is -2.50. The molecule has 0 spiro atoms. The van der Waals surface area contributed by atoms with Crippen molar-refractivity contribution in [2.24, 2.45) is 11.7 Å². The maximum atomic E-state index is 12.2. The normalized spacial score (nSPS) is 16.7. The summed E-state index contributed by atoms with van der Waals surface area (Å²) in [6.07, 6.45) is 1.82. The summed E-state index contributed by atoms with van der Waals surface area (Å²) in [5.74, 6) is 1.87. The van der Waals surface area contributed by atoms with Crippen molar-refractivity contribution in [3.8, 4) is 11.5 Å². The average molecular weight is 343 g/mol. The molecule has 1 aromatic carbocycles. The zero-order valence-electron chi connectivity index (χ0n) is 14.0. The number of rotatable bonds is 5. The van der Waals surface area contributed by atoms with Gasteiger partial charge in [-0.05, 0) is 30.2 Å². The minimum atomic E-state index is -0.404. The number of amides is 1. The smallest absolute Gasteiger partial charge is 0.239 e. The maximum absolute atomic E-state index is 12.2. The molecule has 0 saturated carbocycles. The zero-order chi connectivity index (χ0) is 16.1. The molecular weight excluding hydrogens is 316 g/mol. The molecular formula is C17H27ClN2O3. The van der Waals surface area contributed by atoms with Gasteiger partial charge in [0, 0.05) is 25.9 Å². The fourth-order valence-electron chi connectivity index (χ4n) is 2.54. The highest BCUT2D eigenvalue weighted by atomic mass is 35.5. The number of likely N-dealkylation sites (tertiary alicyclic amines) is 1. The van der Waals surface area contributed by atoms with Gasteiger partial charge in [0.05, 0.1) is 13.2 Å². The van der Waals surface area contributed by atoms with Crippen LogP contribution >= 0.6 is 12.4 Å². The summed E-state index contributed by atoms with van der Waals surface area (Å²) in [5.41, 5.74) is 5.94. The summed E-state index contributed by atoms with van der Waals surface area (Å²) >= 11 is 0. The predicted molar refractivity (Wildman–Crippen MR) is 93.3 cm³/mol. The third kappa shape index (κ3) is 5.29. The van der Waals surface area contributed by atoms with Gasteiger partial charge in [0.2, 0.25) is 5.91 Å². The van der Waals surface area contributed by atoms with E-state index in [1.165, 1.54) is 0 Å². The molecule has 2 rings (SSSR count). The first-order valence-electron chi connectivity index (χ1n) is 7.86. The Morgan fingerprint density at radius 3 is 2.17 bits per heavy atom. The number of methoxy groups -OCH3 is 1. The molecule has 6 heteroatoms. The lowest BCUT2D eigenvalue weighted by molar-refractivity contribution is -0.135. The van der Waals surface area contributed by atoms with Gasteiger partial charge in [-0.2, -0.15) is 0 Å². The van der Waals surface area contributed by atoms with Crippen molar-refractivity contribution in [2.45, 2.75) is 38.8 Å². The predicted octanol–water partition coefficient (Wildman–Crippen LogP) is 2.47. The molecule has 1 fully saturated rings. The van der Waals surface area contributed by atoms with E-state index in [0.29, 0.717) is 13.1 Å². The number of hydrogen-bond acceptors (Lipinski definition) is 4. The van der Waals surface area contributed by atoms with Crippen molar-refractivity contribution in [3.63, 3.8) is 0 Å². The van der Waals surface area contributed by atoms with E-state index in [9.17, 15) is 4.79 Å². The van der Waals surface area contributed by atoms with Gasteiger partial charge in [0.15, 0.2) is 0 Å². The summed E-state index contributed by atoms with van der Waals surface area (Å²) in [6.45, 7) is 5.37. The highest BCUT2D eigenvalue weighted by molar-refractivity contribution is 5.85. The van der Waals surface area contributed by atoms with Gasteiger partial charge in [0.25, 0.3) is 0 Å². The molecule has 1 heterocycles. The molecule has 1 amide bonds. The SMILES string of the molecule is COc1ccc(OC2CCN(C(=O)[C@@H](N)C(C)C)CC2)cc1.Cl. The largest absolute Gasteiger partial charge is 0.497 e. The first kappa shape index (κ1) is 19.6. The monoisotopic (exact) mass is 342 g/mol. The summed E-state index contributed by atoms with van der Waals surface area (Å²) in [6, 6.07) is 7.18. The Labute approximate surface area is 144 Å². The van der Waals surface area contributed by atoms with Crippen LogP contribution in [0.5, 0.6) is 11.5 Å². The van der Waals surface area contributed by atoms with Crippen LogP contribution in [-0.2, 0) is 4.79 Å². The third-order valence-corrected chi connectivity index (χ3v) is 4.12. The maximum Gasteiger partial charge on any atom is 0.239 e. The second kappa shape index (κ2) is 8.99. The quantitative estimate of drug-likeness (QED) is 0.892. The molecule has 0 radical (unpaired) electrons. The number of benzene rings is 1. The Balaban J connectivity index is 0.00000264. The molecule has 1 aromatic rings. The highest BCUT2D eigenvalue weighted by Gasteiger charge is 2.28. The van der Waals surface area contributed by atoms with Gasteiger partial charge < -0.3 is 20.1 Å². The summed E-state index contributed by atoms with van der Waals surface area (Å²) in [5, 5.41) is 0. The van der Waals surface area contributed by atoms with E-state index >= 15 is 0 Å². The lowest BCUT2D eigenvalue weighted by Gasteiger charge is -2.34. The second-order valence-corrected chi connectivity index (χ2v) is 6.09. The molecule has 23 heavy (non-hydrogen) atoms. The van der Waals surface area contributed by atoms with Gasteiger partial charge in [-0.3, -0.25) is 4.79 Å². The molecule has 1 atom stereocenters. The number of halogens is 1. The van der Waals surface area contributed by atoms with Gasteiger partial charge in [-0.1, -0.05) is 13.8 Å². The van der Waals surface area contributed by atoms with E-state index in [0.717, 1.165) is 24.3 Å². The van der Waals surface area contributed by atoms with Crippen LogP contribution in [0.3, 0.4) is 0 Å². The first-order valence-corrected chi connectivity index (χ1v) is 7.86. The molecule has 130 valence electrons. The van der Waals surface area contributed by atoms with Crippen LogP contribution in [0.15, 0.2) is 24.3 Å². The topological polar surface area (TPSA) is 64.8 Å². The highest BCUT2D eigenvalue weighted by Crippen LogP contribution is 2.22. The van der Waals surface area contributed by atoms with Crippen LogP contribution in [0.2, 0.25) is 0 Å². The van der Waals surface area contributed by atoms with E-state index in [-0.39, 0.29) is 30.3 Å². The van der Waals surface area contributed by atoms with E-state index in [2.05, 4.69) is 0 Å². The van der Waals surface area contributed by atoms with Crippen LogP contribution in [0.1, 0.15) is 26.7 Å². The Hall–Kier alpha value is -1.46. The summed E-state index contributed by atoms with van der Waals surface area (Å²) < 4.78 is 11.1. The van der Waals surface area contributed by atoms with Crippen LogP contribution in [0.4, 0.5) is 0 Å². The number of nitrogens with two attached hydrogens (primary N) is 1. The van der Waals surface area contributed by atoms with Gasteiger partial charge >= 0.3 is 0 Å². The minimum Gasteiger partial charge on any atom is -0.497 e. The van der Waals surface area contributed by atoms with Crippen molar-refractivity contribution in [1.82, 2.24) is 4.90 Å². The van der Waals surface area contributed by atoms with E-state index in [4.69, 9.17) is 15.2 Å². The minimum absolute atomic E-state index is 0. The molecule has 1 aliphatic heterocycles.